The summed E-state index contributed by atoms with van der Waals surface area (Å²) in [4.78, 5) is 37.6. The Morgan fingerprint density at radius 3 is 2.16 bits per heavy atom. The van der Waals surface area contributed by atoms with Crippen LogP contribution in [0.15, 0.2) is 33.9 Å². The summed E-state index contributed by atoms with van der Waals surface area (Å²) in [7, 11) is 0. The molecule has 0 spiro atoms. The predicted molar refractivity (Wildman–Crippen MR) is 97.9 cm³/mol. The Bertz CT molecular complexity index is 907. The summed E-state index contributed by atoms with van der Waals surface area (Å²) in [6, 6.07) is 8.19. The fraction of sp³-hybridized carbons (Fsp3) is 0.368. The first kappa shape index (κ1) is 18.4. The topological polar surface area (TPSA) is 90.3 Å². The fourth-order valence-corrected chi connectivity index (χ4v) is 2.31. The van der Waals surface area contributed by atoms with Gasteiger partial charge in [-0.15, -0.1) is 0 Å². The van der Waals surface area contributed by atoms with Gasteiger partial charge < -0.3 is 5.32 Å². The number of rotatable bonds is 4. The molecule has 2 aromatic rings. The first-order valence-electron chi connectivity index (χ1n) is 7.98. The average molecular weight is 339 g/mol. The highest BCUT2D eigenvalue weighted by Gasteiger charge is 2.32. The number of amides is 1. The average Bonchev–Trinajstić information content (AvgIpc) is 2.56. The van der Waals surface area contributed by atoms with Gasteiger partial charge in [0.2, 0.25) is 5.91 Å². The van der Waals surface area contributed by atoms with Crippen LogP contribution < -0.4 is 21.1 Å². The van der Waals surface area contributed by atoms with E-state index in [1.54, 1.807) is 24.3 Å². The quantitative estimate of drug-likeness (QED) is 0.865. The Morgan fingerprint density at radius 1 is 1.16 bits per heavy atom. The van der Waals surface area contributed by atoms with Crippen LogP contribution in [0.5, 0.6) is 0 Å². The summed E-state index contributed by atoms with van der Waals surface area (Å²) in [5.41, 5.74) is -0.353. The van der Waals surface area contributed by atoms with Crippen LogP contribution in [0.4, 0.5) is 17.1 Å². The third-order valence-electron chi connectivity index (χ3n) is 4.34. The number of carbonyl (C=O) groups excluding carboxylic acids is 1. The van der Waals surface area contributed by atoms with Crippen molar-refractivity contribution in [3.63, 3.8) is 0 Å². The number of nitrogens with one attached hydrogen (secondary N) is 1. The second-order valence-corrected chi connectivity index (χ2v) is 7.13. The smallest absolute Gasteiger partial charge is 0.254 e. The molecule has 0 aliphatic carbocycles. The van der Waals surface area contributed by atoms with Gasteiger partial charge in [0.1, 0.15) is 11.4 Å². The van der Waals surface area contributed by atoms with Crippen LogP contribution in [0, 0.1) is 16.7 Å². The van der Waals surface area contributed by atoms with E-state index in [-0.39, 0.29) is 28.7 Å². The summed E-state index contributed by atoms with van der Waals surface area (Å²) in [5.74, 6) is -0.386. The molecular formula is C19H21N3O3. The Hall–Kier alpha value is -2.94. The molecular weight excluding hydrogens is 318 g/mol. The number of nitriles is 1. The van der Waals surface area contributed by atoms with Crippen LogP contribution in [0.3, 0.4) is 0 Å². The fourth-order valence-electron chi connectivity index (χ4n) is 2.31. The van der Waals surface area contributed by atoms with Crippen LogP contribution in [0.2, 0.25) is 0 Å². The van der Waals surface area contributed by atoms with Gasteiger partial charge in [-0.3, -0.25) is 19.3 Å². The molecule has 0 heterocycles. The molecule has 25 heavy (non-hydrogen) atoms. The van der Waals surface area contributed by atoms with Gasteiger partial charge in [-0.25, -0.2) is 0 Å². The highest BCUT2D eigenvalue weighted by atomic mass is 16.2. The molecule has 1 amide bonds. The standard InChI is InChI=1S/C19H21N3O3/c1-11(19(3,4)5)21-15-16(18(25)17(15)24)22(12(2)23)14-8-6-13(10-20)7-9-14/h6-9,11,21H,1-5H3/t11-/m1/s1. The molecule has 130 valence electrons. The van der Waals surface area contributed by atoms with E-state index >= 15 is 0 Å². The molecule has 1 atom stereocenters. The first-order valence-corrected chi connectivity index (χ1v) is 7.98. The summed E-state index contributed by atoms with van der Waals surface area (Å²) in [5, 5.41) is 12.0. The lowest BCUT2D eigenvalue weighted by molar-refractivity contribution is -0.115. The van der Waals surface area contributed by atoms with E-state index in [2.05, 4.69) is 5.32 Å². The van der Waals surface area contributed by atoms with Crippen molar-refractivity contribution in [1.29, 1.82) is 5.26 Å². The molecule has 0 aromatic heterocycles. The van der Waals surface area contributed by atoms with Crippen molar-refractivity contribution in [1.82, 2.24) is 0 Å². The Kier molecular flexibility index (Phi) is 4.80. The highest BCUT2D eigenvalue weighted by Crippen LogP contribution is 2.31. The zero-order chi connectivity index (χ0) is 18.9. The number of nitrogens with zero attached hydrogens (tertiary/aromatic N) is 2. The predicted octanol–water partition coefficient (Wildman–Crippen LogP) is 2.69. The summed E-state index contributed by atoms with van der Waals surface area (Å²) in [6.45, 7) is 9.28. The third-order valence-corrected chi connectivity index (χ3v) is 4.34. The third kappa shape index (κ3) is 3.45. The zero-order valence-electron chi connectivity index (χ0n) is 15.0. The molecule has 0 saturated carbocycles. The number of hydrogen-bond acceptors (Lipinski definition) is 5. The summed E-state index contributed by atoms with van der Waals surface area (Å²) in [6.07, 6.45) is 0. The Morgan fingerprint density at radius 2 is 1.72 bits per heavy atom. The van der Waals surface area contributed by atoms with Crippen molar-refractivity contribution in [3.05, 3.63) is 50.3 Å². The van der Waals surface area contributed by atoms with Crippen LogP contribution in [-0.4, -0.2) is 11.9 Å². The number of benzene rings is 1. The van der Waals surface area contributed by atoms with Gasteiger partial charge in [0.25, 0.3) is 10.9 Å². The van der Waals surface area contributed by atoms with Crippen molar-refractivity contribution >= 4 is 23.0 Å². The number of anilines is 3. The van der Waals surface area contributed by atoms with Crippen LogP contribution in [-0.2, 0) is 4.79 Å². The maximum atomic E-state index is 12.2. The minimum atomic E-state index is -0.692. The van der Waals surface area contributed by atoms with Gasteiger partial charge in [0, 0.05) is 18.7 Å². The van der Waals surface area contributed by atoms with E-state index in [1.807, 2.05) is 33.8 Å². The van der Waals surface area contributed by atoms with E-state index in [0.29, 0.717) is 11.3 Å². The maximum Gasteiger partial charge on any atom is 0.254 e. The molecule has 1 N–H and O–H groups in total. The van der Waals surface area contributed by atoms with E-state index in [1.165, 1.54) is 11.8 Å². The minimum Gasteiger partial charge on any atom is -0.377 e. The lowest BCUT2D eigenvalue weighted by Crippen LogP contribution is -2.45. The molecule has 0 saturated heterocycles. The van der Waals surface area contributed by atoms with Crippen molar-refractivity contribution in [2.24, 2.45) is 5.41 Å². The van der Waals surface area contributed by atoms with Gasteiger partial charge in [0.15, 0.2) is 0 Å². The van der Waals surface area contributed by atoms with E-state index in [9.17, 15) is 14.4 Å². The number of hydrogen-bond donors (Lipinski definition) is 1. The first-order chi connectivity index (χ1) is 11.6. The summed E-state index contributed by atoms with van der Waals surface area (Å²) < 4.78 is 0. The van der Waals surface area contributed by atoms with Gasteiger partial charge in [-0.2, -0.15) is 5.26 Å². The Balaban J connectivity index is 2.48. The van der Waals surface area contributed by atoms with Crippen LogP contribution >= 0.6 is 0 Å². The van der Waals surface area contributed by atoms with Gasteiger partial charge in [-0.05, 0) is 36.6 Å². The van der Waals surface area contributed by atoms with Gasteiger partial charge in [-0.1, -0.05) is 20.8 Å². The monoisotopic (exact) mass is 339 g/mol. The van der Waals surface area contributed by atoms with E-state index in [4.69, 9.17) is 5.26 Å². The highest BCUT2D eigenvalue weighted by molar-refractivity contribution is 6.03. The molecule has 0 aliphatic rings. The van der Waals surface area contributed by atoms with Crippen LogP contribution in [0.1, 0.15) is 40.2 Å². The van der Waals surface area contributed by atoms with Crippen LogP contribution in [0.25, 0.3) is 0 Å². The van der Waals surface area contributed by atoms with Gasteiger partial charge in [0.05, 0.1) is 11.6 Å². The molecule has 6 nitrogen and oxygen atoms in total. The molecule has 6 heteroatoms. The second kappa shape index (κ2) is 6.52. The molecule has 0 radical (unpaired) electrons. The normalized spacial score (nSPS) is 12.5. The summed E-state index contributed by atoms with van der Waals surface area (Å²) >= 11 is 0. The van der Waals surface area contributed by atoms with Crippen molar-refractivity contribution in [2.45, 2.75) is 40.7 Å². The zero-order valence-corrected chi connectivity index (χ0v) is 15.0. The molecule has 2 aromatic carbocycles. The molecule has 0 aliphatic heterocycles. The van der Waals surface area contributed by atoms with E-state index in [0.717, 1.165) is 0 Å². The largest absolute Gasteiger partial charge is 0.377 e. The van der Waals surface area contributed by atoms with Gasteiger partial charge >= 0.3 is 0 Å². The molecule has 0 bridgehead atoms. The molecule has 2 rings (SSSR count). The Labute approximate surface area is 146 Å². The van der Waals surface area contributed by atoms with Crippen molar-refractivity contribution < 1.29 is 4.79 Å². The lowest BCUT2D eigenvalue weighted by atomic mass is 9.87. The lowest BCUT2D eigenvalue weighted by Gasteiger charge is -2.32. The SMILES string of the molecule is CC(=O)N(c1ccc(C#N)cc1)c1c(N[C@H](C)C(C)(C)C)c(=O)c1=O. The van der Waals surface area contributed by atoms with E-state index < -0.39 is 10.9 Å². The second-order valence-electron chi connectivity index (χ2n) is 7.13. The van der Waals surface area contributed by atoms with Crippen molar-refractivity contribution in [3.8, 4) is 6.07 Å². The maximum absolute atomic E-state index is 12.2. The number of carbonyl (C=O) groups is 1. The van der Waals surface area contributed by atoms with Crippen molar-refractivity contribution in [2.75, 3.05) is 10.2 Å². The molecule has 0 fully saturated rings. The minimum absolute atomic E-state index is 0.0540. The molecule has 0 unspecified atom stereocenters.